The number of hydrogen-bond acceptors (Lipinski definition) is 3. The molecule has 16 heavy (non-hydrogen) atoms. The third-order valence-corrected chi connectivity index (χ3v) is 3.04. The Bertz CT molecular complexity index is 207. The van der Waals surface area contributed by atoms with Crippen LogP contribution in [0.4, 0.5) is 0 Å². The molecule has 0 spiro atoms. The molecule has 3 atom stereocenters. The van der Waals surface area contributed by atoms with Gasteiger partial charge in [-0.25, -0.2) is 0 Å². The van der Waals surface area contributed by atoms with Gasteiger partial charge in [0.15, 0.2) is 0 Å². The highest BCUT2D eigenvalue weighted by molar-refractivity contribution is 5.82. The zero-order valence-corrected chi connectivity index (χ0v) is 11.1. The average Bonchev–Trinajstić information content (AvgIpc) is 2.25. The Morgan fingerprint density at radius 1 is 1.38 bits per heavy atom. The molecule has 0 saturated carbocycles. The standard InChI is InChI=1S/C12H26N2O2/c1-6-9(4)11(13)12(15)14-10(7-16-5)8(2)3/h8-11H,6-7,13H2,1-5H3,(H,14,15). The summed E-state index contributed by atoms with van der Waals surface area (Å²) >= 11 is 0. The molecule has 0 aliphatic carbocycles. The first kappa shape index (κ1) is 15.4. The molecule has 4 heteroatoms. The summed E-state index contributed by atoms with van der Waals surface area (Å²) in [6.45, 7) is 8.66. The number of nitrogens with two attached hydrogens (primary N) is 1. The Morgan fingerprint density at radius 2 is 1.94 bits per heavy atom. The predicted molar refractivity (Wildman–Crippen MR) is 66.1 cm³/mol. The van der Waals surface area contributed by atoms with E-state index in [2.05, 4.69) is 19.2 Å². The van der Waals surface area contributed by atoms with Crippen molar-refractivity contribution in [2.24, 2.45) is 17.6 Å². The van der Waals surface area contributed by atoms with Crippen LogP contribution in [0.25, 0.3) is 0 Å². The van der Waals surface area contributed by atoms with Crippen molar-refractivity contribution in [3.8, 4) is 0 Å². The number of hydrogen-bond donors (Lipinski definition) is 2. The minimum absolute atomic E-state index is 0.0348. The summed E-state index contributed by atoms with van der Waals surface area (Å²) in [4.78, 5) is 11.8. The van der Waals surface area contributed by atoms with Crippen LogP contribution in [0.1, 0.15) is 34.1 Å². The van der Waals surface area contributed by atoms with Gasteiger partial charge in [-0.2, -0.15) is 0 Å². The van der Waals surface area contributed by atoms with Crippen molar-refractivity contribution < 1.29 is 9.53 Å². The summed E-state index contributed by atoms with van der Waals surface area (Å²) in [5.74, 6) is 0.466. The zero-order valence-electron chi connectivity index (χ0n) is 11.1. The summed E-state index contributed by atoms with van der Waals surface area (Å²) in [5.41, 5.74) is 5.86. The molecule has 3 N–H and O–H groups in total. The molecule has 0 aromatic rings. The third kappa shape index (κ3) is 4.94. The van der Waals surface area contributed by atoms with Crippen LogP contribution in [0, 0.1) is 11.8 Å². The predicted octanol–water partition coefficient (Wildman–Crippen LogP) is 1.15. The zero-order chi connectivity index (χ0) is 12.7. The molecule has 0 aliphatic rings. The van der Waals surface area contributed by atoms with Crippen molar-refractivity contribution in [3.63, 3.8) is 0 Å². The normalized spacial score (nSPS) is 16.9. The van der Waals surface area contributed by atoms with Gasteiger partial charge in [0.05, 0.1) is 18.7 Å². The Hall–Kier alpha value is -0.610. The number of rotatable bonds is 7. The number of carbonyl (C=O) groups excluding carboxylic acids is 1. The summed E-state index contributed by atoms with van der Waals surface area (Å²) in [6, 6.07) is -0.393. The highest BCUT2D eigenvalue weighted by Crippen LogP contribution is 2.07. The largest absolute Gasteiger partial charge is 0.383 e. The molecule has 0 heterocycles. The molecule has 0 aliphatic heterocycles. The SMILES string of the molecule is CCC(C)C(N)C(=O)NC(COC)C(C)C. The van der Waals surface area contributed by atoms with Crippen molar-refractivity contribution in [2.75, 3.05) is 13.7 Å². The number of ether oxygens (including phenoxy) is 1. The van der Waals surface area contributed by atoms with Crippen molar-refractivity contribution in [2.45, 2.75) is 46.2 Å². The van der Waals surface area contributed by atoms with Crippen molar-refractivity contribution in [3.05, 3.63) is 0 Å². The van der Waals surface area contributed by atoms with Crippen LogP contribution in [0.3, 0.4) is 0 Å². The molecule has 0 aromatic carbocycles. The molecule has 0 aromatic heterocycles. The first-order chi connectivity index (χ1) is 7.43. The minimum atomic E-state index is -0.428. The second-order valence-electron chi connectivity index (χ2n) is 4.73. The van der Waals surface area contributed by atoms with Crippen LogP contribution in [-0.2, 0) is 9.53 Å². The summed E-state index contributed by atoms with van der Waals surface area (Å²) < 4.78 is 5.08. The van der Waals surface area contributed by atoms with Crippen LogP contribution in [0.15, 0.2) is 0 Å². The van der Waals surface area contributed by atoms with Gasteiger partial charge in [0, 0.05) is 7.11 Å². The first-order valence-corrected chi connectivity index (χ1v) is 5.98. The van der Waals surface area contributed by atoms with E-state index in [-0.39, 0.29) is 17.9 Å². The quantitative estimate of drug-likeness (QED) is 0.689. The van der Waals surface area contributed by atoms with Crippen LogP contribution in [0.2, 0.25) is 0 Å². The second kappa shape index (κ2) is 7.63. The molecule has 3 unspecified atom stereocenters. The molecule has 0 bridgehead atoms. The maximum atomic E-state index is 11.8. The van der Waals surface area contributed by atoms with Crippen LogP contribution >= 0.6 is 0 Å². The van der Waals surface area contributed by atoms with Gasteiger partial charge < -0.3 is 15.8 Å². The summed E-state index contributed by atoms with van der Waals surface area (Å²) in [5, 5.41) is 2.94. The van der Waals surface area contributed by atoms with E-state index in [1.807, 2.05) is 13.8 Å². The first-order valence-electron chi connectivity index (χ1n) is 5.98. The maximum Gasteiger partial charge on any atom is 0.237 e. The molecule has 0 fully saturated rings. The fourth-order valence-corrected chi connectivity index (χ4v) is 1.37. The Balaban J connectivity index is 4.28. The molecule has 0 saturated heterocycles. The second-order valence-corrected chi connectivity index (χ2v) is 4.73. The van der Waals surface area contributed by atoms with Gasteiger partial charge in [0.25, 0.3) is 0 Å². The van der Waals surface area contributed by atoms with E-state index in [1.165, 1.54) is 0 Å². The van der Waals surface area contributed by atoms with Crippen LogP contribution in [0.5, 0.6) is 0 Å². The molecule has 1 amide bonds. The van der Waals surface area contributed by atoms with Gasteiger partial charge >= 0.3 is 0 Å². The van der Waals surface area contributed by atoms with Gasteiger partial charge in [0.2, 0.25) is 5.91 Å². The Labute approximate surface area is 98.9 Å². The fourth-order valence-electron chi connectivity index (χ4n) is 1.37. The molecule has 4 nitrogen and oxygen atoms in total. The van der Waals surface area contributed by atoms with E-state index in [0.717, 1.165) is 6.42 Å². The highest BCUT2D eigenvalue weighted by Gasteiger charge is 2.23. The molecule has 96 valence electrons. The lowest BCUT2D eigenvalue weighted by Gasteiger charge is -2.25. The maximum absolute atomic E-state index is 11.8. The smallest absolute Gasteiger partial charge is 0.237 e. The van der Waals surface area contributed by atoms with E-state index < -0.39 is 6.04 Å². The van der Waals surface area contributed by atoms with Gasteiger partial charge in [-0.05, 0) is 11.8 Å². The highest BCUT2D eigenvalue weighted by atomic mass is 16.5. The number of carbonyl (C=O) groups is 1. The lowest BCUT2D eigenvalue weighted by Crippen LogP contribution is -2.51. The van der Waals surface area contributed by atoms with E-state index in [1.54, 1.807) is 7.11 Å². The number of nitrogens with one attached hydrogen (secondary N) is 1. The fraction of sp³-hybridized carbons (Fsp3) is 0.917. The Morgan fingerprint density at radius 3 is 2.31 bits per heavy atom. The summed E-state index contributed by atoms with van der Waals surface area (Å²) in [7, 11) is 1.64. The van der Waals surface area contributed by atoms with Crippen molar-refractivity contribution in [1.82, 2.24) is 5.32 Å². The summed E-state index contributed by atoms with van der Waals surface area (Å²) in [6.07, 6.45) is 0.908. The van der Waals surface area contributed by atoms with Gasteiger partial charge in [-0.15, -0.1) is 0 Å². The van der Waals surface area contributed by atoms with E-state index in [4.69, 9.17) is 10.5 Å². The van der Waals surface area contributed by atoms with Crippen molar-refractivity contribution >= 4 is 5.91 Å². The number of methoxy groups -OCH3 is 1. The van der Waals surface area contributed by atoms with E-state index in [9.17, 15) is 4.79 Å². The monoisotopic (exact) mass is 230 g/mol. The Kier molecular flexibility index (Phi) is 7.34. The molecule has 0 radical (unpaired) electrons. The lowest BCUT2D eigenvalue weighted by molar-refractivity contribution is -0.124. The van der Waals surface area contributed by atoms with Gasteiger partial charge in [-0.3, -0.25) is 4.79 Å². The molecular formula is C12H26N2O2. The van der Waals surface area contributed by atoms with E-state index in [0.29, 0.717) is 12.5 Å². The number of amides is 1. The molecule has 0 rings (SSSR count). The topological polar surface area (TPSA) is 64.4 Å². The van der Waals surface area contributed by atoms with Gasteiger partial charge in [-0.1, -0.05) is 34.1 Å². The van der Waals surface area contributed by atoms with Crippen molar-refractivity contribution in [1.29, 1.82) is 0 Å². The third-order valence-electron chi connectivity index (χ3n) is 3.04. The van der Waals surface area contributed by atoms with Crippen LogP contribution in [-0.4, -0.2) is 31.7 Å². The molecular weight excluding hydrogens is 204 g/mol. The average molecular weight is 230 g/mol. The lowest BCUT2D eigenvalue weighted by atomic mass is 9.98. The van der Waals surface area contributed by atoms with Gasteiger partial charge in [0.1, 0.15) is 0 Å². The minimum Gasteiger partial charge on any atom is -0.383 e. The van der Waals surface area contributed by atoms with E-state index >= 15 is 0 Å². The van der Waals surface area contributed by atoms with Crippen LogP contribution < -0.4 is 11.1 Å².